The number of amides is 2. The Kier molecular flexibility index (Phi) is 6.63. The first-order valence-electron chi connectivity index (χ1n) is 8.05. The normalized spacial score (nSPS) is 11.6. The summed E-state index contributed by atoms with van der Waals surface area (Å²) in [5, 5.41) is 14.0. The minimum absolute atomic E-state index is 0.000300. The lowest BCUT2D eigenvalue weighted by Crippen LogP contribution is -2.33. The van der Waals surface area contributed by atoms with Gasteiger partial charge in [-0.25, -0.2) is 12.7 Å². The van der Waals surface area contributed by atoms with Crippen molar-refractivity contribution in [1.29, 1.82) is 0 Å². The third-order valence-corrected chi connectivity index (χ3v) is 6.42. The molecule has 2 N–H and O–H groups in total. The van der Waals surface area contributed by atoms with Crippen LogP contribution in [0.2, 0.25) is 0 Å². The van der Waals surface area contributed by atoms with Gasteiger partial charge in [0.2, 0.25) is 21.1 Å². The standard InChI is InChI=1S/C16H21N5O4S2/c1-10(2)15-19-20-16(26-15)18-13(22)9-17-14(23)11-6-5-7-12(8-11)27(24,25)21(3)4/h5-8,10H,9H2,1-4H3,(H,17,23)(H,18,20,22). The molecule has 1 heterocycles. The van der Waals surface area contributed by atoms with Crippen molar-refractivity contribution in [3.63, 3.8) is 0 Å². The van der Waals surface area contributed by atoms with Gasteiger partial charge in [0, 0.05) is 25.6 Å². The molecule has 0 unspecified atom stereocenters. The Morgan fingerprint density at radius 1 is 1.22 bits per heavy atom. The molecular weight excluding hydrogens is 390 g/mol. The van der Waals surface area contributed by atoms with E-state index in [0.717, 1.165) is 9.31 Å². The van der Waals surface area contributed by atoms with Crippen LogP contribution < -0.4 is 10.6 Å². The van der Waals surface area contributed by atoms with Gasteiger partial charge in [0.25, 0.3) is 5.91 Å². The average molecular weight is 412 g/mol. The lowest BCUT2D eigenvalue weighted by molar-refractivity contribution is -0.115. The van der Waals surface area contributed by atoms with Gasteiger partial charge in [0.15, 0.2) is 0 Å². The molecule has 27 heavy (non-hydrogen) atoms. The van der Waals surface area contributed by atoms with Crippen LogP contribution in [-0.4, -0.2) is 55.4 Å². The highest BCUT2D eigenvalue weighted by Crippen LogP contribution is 2.22. The Hall–Kier alpha value is -2.37. The first-order chi connectivity index (χ1) is 12.6. The van der Waals surface area contributed by atoms with Crippen molar-refractivity contribution in [2.24, 2.45) is 0 Å². The van der Waals surface area contributed by atoms with Crippen LogP contribution in [0.4, 0.5) is 5.13 Å². The van der Waals surface area contributed by atoms with Gasteiger partial charge >= 0.3 is 0 Å². The van der Waals surface area contributed by atoms with Gasteiger partial charge in [-0.05, 0) is 18.2 Å². The number of nitrogens with zero attached hydrogens (tertiary/aromatic N) is 3. The van der Waals surface area contributed by atoms with Crippen molar-refractivity contribution >= 4 is 38.3 Å². The fourth-order valence-electron chi connectivity index (χ4n) is 1.95. The number of sulfonamides is 1. The molecule has 1 aromatic heterocycles. The summed E-state index contributed by atoms with van der Waals surface area (Å²) in [7, 11) is -0.835. The van der Waals surface area contributed by atoms with E-state index in [-0.39, 0.29) is 22.9 Å². The number of carbonyl (C=O) groups is 2. The number of carbonyl (C=O) groups excluding carboxylic acids is 2. The Morgan fingerprint density at radius 3 is 2.52 bits per heavy atom. The molecule has 0 aliphatic heterocycles. The van der Waals surface area contributed by atoms with Gasteiger partial charge in [-0.2, -0.15) is 0 Å². The van der Waals surface area contributed by atoms with Crippen LogP contribution in [0, 0.1) is 0 Å². The molecule has 0 fully saturated rings. The second-order valence-corrected chi connectivity index (χ2v) is 9.31. The zero-order valence-corrected chi connectivity index (χ0v) is 17.0. The Balaban J connectivity index is 1.98. The number of rotatable bonds is 7. The number of aromatic nitrogens is 2. The highest BCUT2D eigenvalue weighted by atomic mass is 32.2. The number of hydrogen-bond donors (Lipinski definition) is 2. The quantitative estimate of drug-likeness (QED) is 0.708. The van der Waals surface area contributed by atoms with Gasteiger partial charge < -0.3 is 5.32 Å². The summed E-state index contributed by atoms with van der Waals surface area (Å²) in [4.78, 5) is 24.2. The largest absolute Gasteiger partial charge is 0.343 e. The lowest BCUT2D eigenvalue weighted by Gasteiger charge is -2.12. The fraction of sp³-hybridized carbons (Fsp3) is 0.375. The molecule has 0 atom stereocenters. The highest BCUT2D eigenvalue weighted by molar-refractivity contribution is 7.89. The van der Waals surface area contributed by atoms with E-state index >= 15 is 0 Å². The van der Waals surface area contributed by atoms with E-state index in [1.807, 2.05) is 13.8 Å². The zero-order valence-electron chi connectivity index (χ0n) is 15.4. The first kappa shape index (κ1) is 20.9. The summed E-state index contributed by atoms with van der Waals surface area (Å²) >= 11 is 1.27. The molecule has 9 nitrogen and oxygen atoms in total. The molecule has 0 saturated heterocycles. The number of benzene rings is 1. The van der Waals surface area contributed by atoms with Crippen LogP contribution in [0.5, 0.6) is 0 Å². The molecule has 2 rings (SSSR count). The Bertz CT molecular complexity index is 938. The summed E-state index contributed by atoms with van der Waals surface area (Å²) in [5.41, 5.74) is 0.142. The second kappa shape index (κ2) is 8.55. The van der Waals surface area contributed by atoms with Crippen LogP contribution in [0.1, 0.15) is 35.1 Å². The van der Waals surface area contributed by atoms with E-state index in [1.165, 1.54) is 49.7 Å². The van der Waals surface area contributed by atoms with E-state index in [9.17, 15) is 18.0 Å². The second-order valence-electron chi connectivity index (χ2n) is 6.15. The maximum Gasteiger partial charge on any atom is 0.251 e. The predicted octanol–water partition coefficient (Wildman–Crippen LogP) is 1.28. The molecule has 2 amide bonds. The fourth-order valence-corrected chi connectivity index (χ4v) is 3.66. The van der Waals surface area contributed by atoms with Gasteiger partial charge in [-0.15, -0.1) is 10.2 Å². The Morgan fingerprint density at radius 2 is 1.93 bits per heavy atom. The molecule has 0 bridgehead atoms. The number of hydrogen-bond acceptors (Lipinski definition) is 7. The van der Waals surface area contributed by atoms with Gasteiger partial charge in [0.1, 0.15) is 5.01 Å². The molecule has 2 aromatic rings. The molecule has 146 valence electrons. The molecule has 1 aromatic carbocycles. The topological polar surface area (TPSA) is 121 Å². The summed E-state index contributed by atoms with van der Waals surface area (Å²) in [6.45, 7) is 3.66. The summed E-state index contributed by atoms with van der Waals surface area (Å²) < 4.78 is 25.3. The highest BCUT2D eigenvalue weighted by Gasteiger charge is 2.19. The van der Waals surface area contributed by atoms with Crippen molar-refractivity contribution < 1.29 is 18.0 Å². The van der Waals surface area contributed by atoms with E-state index in [0.29, 0.717) is 5.13 Å². The molecule has 0 aliphatic rings. The first-order valence-corrected chi connectivity index (χ1v) is 10.3. The number of nitrogens with one attached hydrogen (secondary N) is 2. The van der Waals surface area contributed by atoms with Gasteiger partial charge in [0.05, 0.1) is 11.4 Å². The van der Waals surface area contributed by atoms with Crippen LogP contribution in [0.15, 0.2) is 29.2 Å². The molecule has 11 heteroatoms. The van der Waals surface area contributed by atoms with Crippen LogP contribution >= 0.6 is 11.3 Å². The van der Waals surface area contributed by atoms with Gasteiger partial charge in [-0.1, -0.05) is 31.3 Å². The maximum atomic E-state index is 12.2. The van der Waals surface area contributed by atoms with Crippen LogP contribution in [0.25, 0.3) is 0 Å². The molecule has 0 aliphatic carbocycles. The van der Waals surface area contributed by atoms with Crippen molar-refractivity contribution in [3.05, 3.63) is 34.8 Å². The third-order valence-electron chi connectivity index (χ3n) is 3.47. The molecular formula is C16H21N5O4S2. The van der Waals surface area contributed by atoms with Crippen LogP contribution in [-0.2, 0) is 14.8 Å². The number of anilines is 1. The zero-order chi connectivity index (χ0) is 20.2. The molecule has 0 radical (unpaired) electrons. The van der Waals surface area contributed by atoms with Crippen LogP contribution in [0.3, 0.4) is 0 Å². The Labute approximate surface area is 161 Å². The van der Waals surface area contributed by atoms with Gasteiger partial charge in [-0.3, -0.25) is 14.9 Å². The minimum Gasteiger partial charge on any atom is -0.343 e. The molecule has 0 spiro atoms. The van der Waals surface area contributed by atoms with E-state index in [2.05, 4.69) is 20.8 Å². The third kappa shape index (κ3) is 5.31. The van der Waals surface area contributed by atoms with Crippen molar-refractivity contribution in [2.45, 2.75) is 24.7 Å². The minimum atomic E-state index is -3.65. The van der Waals surface area contributed by atoms with E-state index < -0.39 is 21.8 Å². The summed E-state index contributed by atoms with van der Waals surface area (Å²) in [5.74, 6) is -0.800. The average Bonchev–Trinajstić information content (AvgIpc) is 3.08. The van der Waals surface area contributed by atoms with Crippen molar-refractivity contribution in [3.8, 4) is 0 Å². The maximum absolute atomic E-state index is 12.2. The lowest BCUT2D eigenvalue weighted by atomic mass is 10.2. The molecule has 0 saturated carbocycles. The van der Waals surface area contributed by atoms with E-state index in [1.54, 1.807) is 0 Å². The smallest absolute Gasteiger partial charge is 0.251 e. The predicted molar refractivity (Wildman–Crippen MR) is 102 cm³/mol. The van der Waals surface area contributed by atoms with E-state index in [4.69, 9.17) is 0 Å². The van der Waals surface area contributed by atoms with Crippen molar-refractivity contribution in [2.75, 3.05) is 26.0 Å². The SMILES string of the molecule is CC(C)c1nnc(NC(=O)CNC(=O)c2cccc(S(=O)(=O)N(C)C)c2)s1. The summed E-state index contributed by atoms with van der Waals surface area (Å²) in [6.07, 6.45) is 0. The monoisotopic (exact) mass is 411 g/mol. The summed E-state index contributed by atoms with van der Waals surface area (Å²) in [6, 6.07) is 5.62. The van der Waals surface area contributed by atoms with Crippen molar-refractivity contribution in [1.82, 2.24) is 19.8 Å².